The van der Waals surface area contributed by atoms with E-state index >= 15 is 0 Å². The fourth-order valence-electron chi connectivity index (χ4n) is 4.45. The first-order chi connectivity index (χ1) is 19.8. The summed E-state index contributed by atoms with van der Waals surface area (Å²) in [5.41, 5.74) is 1.78. The summed E-state index contributed by atoms with van der Waals surface area (Å²) >= 11 is 1.20. The van der Waals surface area contributed by atoms with E-state index in [0.717, 1.165) is 0 Å². The maximum Gasteiger partial charge on any atom is 0.379 e. The van der Waals surface area contributed by atoms with Gasteiger partial charge in [0.2, 0.25) is 5.76 Å². The van der Waals surface area contributed by atoms with Crippen LogP contribution in [0.15, 0.2) is 86.3 Å². The maximum absolute atomic E-state index is 13.8. The van der Waals surface area contributed by atoms with Crippen molar-refractivity contribution in [2.45, 2.75) is 19.9 Å². The van der Waals surface area contributed by atoms with Gasteiger partial charge in [-0.3, -0.25) is 9.36 Å². The molecule has 0 fully saturated rings. The number of nitrogens with zero attached hydrogens (tertiary/aromatic N) is 2. The Hall–Kier alpha value is -4.90. The molecular weight excluding hydrogens is 548 g/mol. The molecule has 2 aromatic heterocycles. The Morgan fingerprint density at radius 2 is 1.83 bits per heavy atom. The van der Waals surface area contributed by atoms with Gasteiger partial charge in [-0.2, -0.15) is 0 Å². The van der Waals surface area contributed by atoms with Gasteiger partial charge in [0.25, 0.3) is 5.56 Å². The van der Waals surface area contributed by atoms with Crippen LogP contribution in [0.2, 0.25) is 0 Å². The minimum atomic E-state index is -0.740. The predicted octanol–water partition coefficient (Wildman–Crippen LogP) is 3.63. The highest BCUT2D eigenvalue weighted by molar-refractivity contribution is 7.07. The van der Waals surface area contributed by atoms with Crippen molar-refractivity contribution in [1.82, 2.24) is 4.57 Å². The van der Waals surface area contributed by atoms with Crippen molar-refractivity contribution < 1.29 is 33.0 Å². The number of carbonyl (C=O) groups excluding carboxylic acids is 2. The lowest BCUT2D eigenvalue weighted by molar-refractivity contribution is -0.139. The van der Waals surface area contributed by atoms with E-state index in [-0.39, 0.29) is 23.7 Å². The Kier molecular flexibility index (Phi) is 7.88. The molecule has 210 valence electrons. The van der Waals surface area contributed by atoms with Gasteiger partial charge in [0, 0.05) is 0 Å². The highest BCUT2D eigenvalue weighted by Gasteiger charge is 2.33. The molecule has 0 aliphatic carbocycles. The van der Waals surface area contributed by atoms with Crippen LogP contribution < -0.4 is 29.1 Å². The monoisotopic (exact) mass is 574 g/mol. The number of methoxy groups -OCH3 is 2. The SMILES string of the molecule is CCOC(=O)C1=C(C)N=c2s/c(=C/c3ccc(OC(=O)c4ccco4)c(OC)c3)c(=O)n2[C@H]1c1ccc(OC)cc1. The minimum absolute atomic E-state index is 0.0566. The van der Waals surface area contributed by atoms with E-state index in [4.69, 9.17) is 23.4 Å². The summed E-state index contributed by atoms with van der Waals surface area (Å²) in [6.45, 7) is 3.64. The van der Waals surface area contributed by atoms with Crippen molar-refractivity contribution >= 4 is 29.4 Å². The maximum atomic E-state index is 13.8. The Labute approximate surface area is 238 Å². The zero-order valence-corrected chi connectivity index (χ0v) is 23.5. The average Bonchev–Trinajstić information content (AvgIpc) is 3.62. The van der Waals surface area contributed by atoms with Gasteiger partial charge in [0.05, 0.1) is 48.9 Å². The van der Waals surface area contributed by atoms with Crippen molar-refractivity contribution in [1.29, 1.82) is 0 Å². The molecule has 2 aromatic carbocycles. The number of benzene rings is 2. The molecule has 0 amide bonds. The Balaban J connectivity index is 1.58. The van der Waals surface area contributed by atoms with E-state index in [0.29, 0.717) is 43.2 Å². The van der Waals surface area contributed by atoms with Gasteiger partial charge in [-0.1, -0.05) is 29.5 Å². The third-order valence-electron chi connectivity index (χ3n) is 6.36. The third-order valence-corrected chi connectivity index (χ3v) is 7.34. The molecule has 1 atom stereocenters. The van der Waals surface area contributed by atoms with Crippen LogP contribution in [-0.4, -0.2) is 37.3 Å². The van der Waals surface area contributed by atoms with Crippen LogP contribution in [0.25, 0.3) is 6.08 Å². The van der Waals surface area contributed by atoms with E-state index in [1.165, 1.54) is 35.3 Å². The van der Waals surface area contributed by atoms with Crippen LogP contribution in [0.5, 0.6) is 17.2 Å². The third kappa shape index (κ3) is 5.44. The van der Waals surface area contributed by atoms with E-state index in [9.17, 15) is 14.4 Å². The molecule has 11 heteroatoms. The van der Waals surface area contributed by atoms with Gasteiger partial charge in [-0.25, -0.2) is 14.6 Å². The second kappa shape index (κ2) is 11.7. The summed E-state index contributed by atoms with van der Waals surface area (Å²) in [5.74, 6) is -0.00783. The van der Waals surface area contributed by atoms with E-state index in [2.05, 4.69) is 4.99 Å². The van der Waals surface area contributed by atoms with Crippen LogP contribution in [0.1, 0.15) is 41.6 Å². The molecule has 0 N–H and O–H groups in total. The fourth-order valence-corrected chi connectivity index (χ4v) is 5.49. The molecule has 41 heavy (non-hydrogen) atoms. The molecule has 0 radical (unpaired) electrons. The standard InChI is InChI=1S/C30H26N2O8S/c1-5-38-29(35)25-17(2)31-30-32(26(25)19-9-11-20(36-3)12-10-19)27(33)24(41-30)16-18-8-13-21(23(15-18)37-4)40-28(34)22-7-6-14-39-22/h6-16,26H,5H2,1-4H3/b24-16+/t26-/m0/s1. The highest BCUT2D eigenvalue weighted by atomic mass is 32.1. The summed E-state index contributed by atoms with van der Waals surface area (Å²) in [6.07, 6.45) is 3.07. The molecule has 4 aromatic rings. The topological polar surface area (TPSA) is 119 Å². The number of hydrogen-bond acceptors (Lipinski definition) is 10. The molecular formula is C30H26N2O8S. The van der Waals surface area contributed by atoms with E-state index < -0.39 is 18.0 Å². The molecule has 3 heterocycles. The predicted molar refractivity (Wildman–Crippen MR) is 150 cm³/mol. The van der Waals surface area contributed by atoms with Crippen LogP contribution in [0, 0.1) is 0 Å². The quantitative estimate of drug-likeness (QED) is 0.231. The Morgan fingerprint density at radius 3 is 2.49 bits per heavy atom. The zero-order chi connectivity index (χ0) is 29.1. The molecule has 0 bridgehead atoms. The first-order valence-corrected chi connectivity index (χ1v) is 13.4. The molecule has 1 aliphatic rings. The van der Waals surface area contributed by atoms with Crippen molar-refractivity contribution in [2.24, 2.45) is 4.99 Å². The number of rotatable bonds is 8. The number of ether oxygens (including phenoxy) is 4. The number of carbonyl (C=O) groups is 2. The van der Waals surface area contributed by atoms with Gasteiger partial charge in [0.1, 0.15) is 5.75 Å². The molecule has 0 spiro atoms. The molecule has 0 saturated heterocycles. The summed E-state index contributed by atoms with van der Waals surface area (Å²) in [4.78, 5) is 44.2. The first kappa shape index (κ1) is 27.7. The molecule has 0 unspecified atom stereocenters. The van der Waals surface area contributed by atoms with E-state index in [1.54, 1.807) is 63.4 Å². The van der Waals surface area contributed by atoms with Gasteiger partial charge in [-0.05, 0) is 67.4 Å². The van der Waals surface area contributed by atoms with Crippen molar-refractivity contribution in [3.05, 3.63) is 109 Å². The average molecular weight is 575 g/mol. The largest absolute Gasteiger partial charge is 0.497 e. The van der Waals surface area contributed by atoms with Gasteiger partial charge >= 0.3 is 11.9 Å². The molecule has 1 aliphatic heterocycles. The first-order valence-electron chi connectivity index (χ1n) is 12.6. The van der Waals surface area contributed by atoms with Gasteiger partial charge in [0.15, 0.2) is 16.3 Å². The number of aromatic nitrogens is 1. The number of fused-ring (bicyclic) bond motifs is 1. The van der Waals surface area contributed by atoms with Crippen molar-refractivity contribution in [2.75, 3.05) is 20.8 Å². The van der Waals surface area contributed by atoms with Crippen molar-refractivity contribution in [3.63, 3.8) is 0 Å². The van der Waals surface area contributed by atoms with Crippen LogP contribution in [-0.2, 0) is 9.53 Å². The summed E-state index contributed by atoms with van der Waals surface area (Å²) in [7, 11) is 3.02. The number of esters is 2. The lowest BCUT2D eigenvalue weighted by Gasteiger charge is -2.24. The lowest BCUT2D eigenvalue weighted by Crippen LogP contribution is -2.39. The van der Waals surface area contributed by atoms with Crippen LogP contribution in [0.3, 0.4) is 0 Å². The zero-order valence-electron chi connectivity index (χ0n) is 22.7. The summed E-state index contributed by atoms with van der Waals surface area (Å²) < 4.78 is 28.5. The second-order valence-corrected chi connectivity index (χ2v) is 9.86. The number of allylic oxidation sites excluding steroid dienone is 1. The van der Waals surface area contributed by atoms with Crippen molar-refractivity contribution in [3.8, 4) is 17.2 Å². The van der Waals surface area contributed by atoms with Gasteiger partial charge in [-0.15, -0.1) is 0 Å². The fraction of sp³-hybridized carbons (Fsp3) is 0.200. The number of thiazole rings is 1. The lowest BCUT2D eigenvalue weighted by atomic mass is 9.96. The smallest absolute Gasteiger partial charge is 0.379 e. The normalized spacial score (nSPS) is 14.7. The van der Waals surface area contributed by atoms with Gasteiger partial charge < -0.3 is 23.4 Å². The van der Waals surface area contributed by atoms with Crippen LogP contribution in [0.4, 0.5) is 0 Å². The summed E-state index contributed by atoms with van der Waals surface area (Å²) in [5, 5.41) is 0. The Morgan fingerprint density at radius 1 is 1.05 bits per heavy atom. The molecule has 5 rings (SSSR count). The van der Waals surface area contributed by atoms with E-state index in [1.807, 2.05) is 12.1 Å². The second-order valence-electron chi connectivity index (χ2n) is 8.85. The molecule has 10 nitrogen and oxygen atoms in total. The molecule has 0 saturated carbocycles. The number of furan rings is 1. The summed E-state index contributed by atoms with van der Waals surface area (Å²) in [6, 6.07) is 14.4. The Bertz CT molecular complexity index is 1820. The van der Waals surface area contributed by atoms with Crippen LogP contribution >= 0.6 is 11.3 Å². The highest BCUT2D eigenvalue weighted by Crippen LogP contribution is 2.32. The minimum Gasteiger partial charge on any atom is -0.497 e. The number of hydrogen-bond donors (Lipinski definition) is 0.